The van der Waals surface area contributed by atoms with Gasteiger partial charge >= 0.3 is 6.03 Å². The molecule has 2 aromatic heterocycles. The van der Waals surface area contributed by atoms with Crippen LogP contribution in [-0.2, 0) is 6.42 Å². The molecule has 0 saturated carbocycles. The number of urea groups is 1. The summed E-state index contributed by atoms with van der Waals surface area (Å²) in [6, 6.07) is 9.37. The lowest BCUT2D eigenvalue weighted by atomic mass is 10.1. The Morgan fingerprint density at radius 1 is 1.27 bits per heavy atom. The molecule has 0 bridgehead atoms. The Morgan fingerprint density at radius 3 is 2.73 bits per heavy atom. The van der Waals surface area contributed by atoms with Crippen LogP contribution in [-0.4, -0.2) is 70.0 Å². The summed E-state index contributed by atoms with van der Waals surface area (Å²) >= 11 is 7.84. The number of nitrogens with one attached hydrogen (secondary N) is 1. The minimum absolute atomic E-state index is 0.166. The van der Waals surface area contributed by atoms with E-state index < -0.39 is 6.10 Å². The largest absolute Gasteiger partial charge is 0.394 e. The molecule has 1 aliphatic rings. The highest BCUT2D eigenvalue weighted by atomic mass is 35.5. The molecular weight excluding hydrogens is 426 g/mol. The van der Waals surface area contributed by atoms with Crippen molar-refractivity contribution in [1.82, 2.24) is 14.9 Å². The third-order valence-corrected chi connectivity index (χ3v) is 6.16. The van der Waals surface area contributed by atoms with E-state index in [1.54, 1.807) is 17.2 Å². The highest BCUT2D eigenvalue weighted by Crippen LogP contribution is 2.27. The Labute approximate surface area is 182 Å². The van der Waals surface area contributed by atoms with Gasteiger partial charge < -0.3 is 20.0 Å². The number of pyridine rings is 1. The van der Waals surface area contributed by atoms with Crippen LogP contribution in [0.5, 0.6) is 0 Å². The van der Waals surface area contributed by atoms with Crippen LogP contribution in [0.3, 0.4) is 0 Å². The SMILES string of the molecule is O=C(Nc1nc2ccccc2s1)N1CCN(c2ncc(C[C@H](O)CO)cc2Cl)CC1. The van der Waals surface area contributed by atoms with Gasteiger partial charge in [-0.2, -0.15) is 0 Å². The molecule has 30 heavy (non-hydrogen) atoms. The first-order valence-electron chi connectivity index (χ1n) is 9.63. The quantitative estimate of drug-likeness (QED) is 0.555. The van der Waals surface area contributed by atoms with E-state index in [1.165, 1.54) is 11.3 Å². The number of fused-ring (bicyclic) bond motifs is 1. The Morgan fingerprint density at radius 2 is 2.03 bits per heavy atom. The molecule has 0 unspecified atom stereocenters. The Bertz CT molecular complexity index is 1010. The molecule has 1 aromatic carbocycles. The molecule has 0 aliphatic carbocycles. The first-order valence-corrected chi connectivity index (χ1v) is 10.8. The average molecular weight is 448 g/mol. The number of thiazole rings is 1. The zero-order valence-corrected chi connectivity index (χ0v) is 17.7. The standard InChI is InChI=1S/C20H22ClN5O3S/c21-15-10-13(9-14(28)12-27)11-22-18(15)25-5-7-26(8-6-25)20(29)24-19-23-16-3-1-2-4-17(16)30-19/h1-4,10-11,14,27-28H,5-9,12H2,(H,23,24,29)/t14-/m0/s1. The number of nitrogens with zero attached hydrogens (tertiary/aromatic N) is 4. The maximum absolute atomic E-state index is 12.6. The van der Waals surface area contributed by atoms with Gasteiger partial charge in [-0.1, -0.05) is 35.1 Å². The van der Waals surface area contributed by atoms with Crippen molar-refractivity contribution in [1.29, 1.82) is 0 Å². The number of aromatic nitrogens is 2. The third kappa shape index (κ3) is 4.65. The van der Waals surface area contributed by atoms with Gasteiger partial charge in [-0.25, -0.2) is 14.8 Å². The van der Waals surface area contributed by atoms with Crippen molar-refractivity contribution in [2.24, 2.45) is 0 Å². The second-order valence-electron chi connectivity index (χ2n) is 7.08. The van der Waals surface area contributed by atoms with Gasteiger partial charge in [0.25, 0.3) is 0 Å². The zero-order chi connectivity index (χ0) is 21.1. The summed E-state index contributed by atoms with van der Waals surface area (Å²) in [4.78, 5) is 25.3. The molecule has 3 heterocycles. The van der Waals surface area contributed by atoms with Crippen LogP contribution < -0.4 is 10.2 Å². The molecule has 1 aliphatic heterocycles. The van der Waals surface area contributed by atoms with Crippen LogP contribution in [0.25, 0.3) is 10.2 Å². The highest BCUT2D eigenvalue weighted by molar-refractivity contribution is 7.22. The lowest BCUT2D eigenvalue weighted by Crippen LogP contribution is -2.50. The molecule has 8 nitrogen and oxygen atoms in total. The minimum Gasteiger partial charge on any atom is -0.394 e. The maximum atomic E-state index is 12.6. The van der Waals surface area contributed by atoms with Crippen LogP contribution in [0, 0.1) is 0 Å². The van der Waals surface area contributed by atoms with E-state index in [-0.39, 0.29) is 12.6 Å². The third-order valence-electron chi connectivity index (χ3n) is 4.93. The van der Waals surface area contributed by atoms with E-state index in [2.05, 4.69) is 15.3 Å². The van der Waals surface area contributed by atoms with Crippen LogP contribution in [0.2, 0.25) is 5.02 Å². The highest BCUT2D eigenvalue weighted by Gasteiger charge is 2.24. The molecule has 3 N–H and O–H groups in total. The van der Waals surface area contributed by atoms with Crippen molar-refractivity contribution in [3.8, 4) is 0 Å². The minimum atomic E-state index is -0.828. The molecule has 0 radical (unpaired) electrons. The maximum Gasteiger partial charge on any atom is 0.323 e. The smallest absolute Gasteiger partial charge is 0.323 e. The Hall–Kier alpha value is -2.46. The summed E-state index contributed by atoms with van der Waals surface area (Å²) in [5, 5.41) is 22.5. The van der Waals surface area contributed by atoms with Crippen molar-refractivity contribution in [2.75, 3.05) is 43.0 Å². The summed E-state index contributed by atoms with van der Waals surface area (Å²) in [7, 11) is 0. The van der Waals surface area contributed by atoms with Gasteiger partial charge in [0.1, 0.15) is 5.82 Å². The van der Waals surface area contributed by atoms with Crippen molar-refractivity contribution in [2.45, 2.75) is 12.5 Å². The summed E-state index contributed by atoms with van der Waals surface area (Å²) in [6.45, 7) is 2.00. The number of benzene rings is 1. The summed E-state index contributed by atoms with van der Waals surface area (Å²) in [6.07, 6.45) is 1.13. The van der Waals surface area contributed by atoms with Crippen LogP contribution >= 0.6 is 22.9 Å². The van der Waals surface area contributed by atoms with E-state index >= 15 is 0 Å². The van der Waals surface area contributed by atoms with E-state index in [0.29, 0.717) is 48.6 Å². The van der Waals surface area contributed by atoms with E-state index in [9.17, 15) is 9.90 Å². The van der Waals surface area contributed by atoms with E-state index in [0.717, 1.165) is 15.8 Å². The molecule has 10 heteroatoms. The molecule has 1 atom stereocenters. The van der Waals surface area contributed by atoms with Gasteiger partial charge in [0.2, 0.25) is 0 Å². The second kappa shape index (κ2) is 9.13. The first-order chi connectivity index (χ1) is 14.5. The van der Waals surface area contributed by atoms with E-state index in [1.807, 2.05) is 29.2 Å². The predicted molar refractivity (Wildman–Crippen MR) is 118 cm³/mol. The van der Waals surface area contributed by atoms with Crippen LogP contribution in [0.4, 0.5) is 15.7 Å². The number of piperazine rings is 1. The van der Waals surface area contributed by atoms with Gasteiger partial charge in [0, 0.05) is 38.8 Å². The summed E-state index contributed by atoms with van der Waals surface area (Å²) in [5.74, 6) is 0.658. The Balaban J connectivity index is 1.34. The lowest BCUT2D eigenvalue weighted by molar-refractivity contribution is 0.0954. The predicted octanol–water partition coefficient (Wildman–Crippen LogP) is 2.59. The number of halogens is 1. The summed E-state index contributed by atoms with van der Waals surface area (Å²) < 4.78 is 1.04. The second-order valence-corrected chi connectivity index (χ2v) is 8.52. The van der Waals surface area contributed by atoms with Crippen molar-refractivity contribution in [3.63, 3.8) is 0 Å². The van der Waals surface area contributed by atoms with Gasteiger partial charge in [-0.3, -0.25) is 5.32 Å². The molecule has 158 valence electrons. The normalized spacial score (nSPS) is 15.4. The van der Waals surface area contributed by atoms with Crippen molar-refractivity contribution in [3.05, 3.63) is 47.1 Å². The molecule has 4 rings (SSSR count). The number of amides is 2. The number of carbonyl (C=O) groups is 1. The molecule has 0 spiro atoms. The van der Waals surface area contributed by atoms with Gasteiger partial charge in [0.05, 0.1) is 28.0 Å². The molecule has 1 saturated heterocycles. The monoisotopic (exact) mass is 447 g/mol. The average Bonchev–Trinajstić information content (AvgIpc) is 3.16. The topological polar surface area (TPSA) is 102 Å². The molecular formula is C20H22ClN5O3S. The zero-order valence-electron chi connectivity index (χ0n) is 16.2. The van der Waals surface area contributed by atoms with Crippen molar-refractivity contribution < 1.29 is 15.0 Å². The number of aliphatic hydroxyl groups excluding tert-OH is 2. The fourth-order valence-electron chi connectivity index (χ4n) is 3.37. The fraction of sp³-hybridized carbons (Fsp3) is 0.350. The van der Waals surface area contributed by atoms with Gasteiger partial charge in [-0.05, 0) is 23.8 Å². The first kappa shape index (κ1) is 20.8. The fourth-order valence-corrected chi connectivity index (χ4v) is 4.53. The lowest BCUT2D eigenvalue weighted by Gasteiger charge is -2.35. The van der Waals surface area contributed by atoms with Crippen LogP contribution in [0.1, 0.15) is 5.56 Å². The molecule has 1 fully saturated rings. The molecule has 2 amide bonds. The number of hydrogen-bond acceptors (Lipinski definition) is 7. The summed E-state index contributed by atoms with van der Waals surface area (Å²) in [5.41, 5.74) is 1.64. The number of anilines is 2. The van der Waals surface area contributed by atoms with Gasteiger partial charge in [-0.15, -0.1) is 0 Å². The Kier molecular flexibility index (Phi) is 6.33. The van der Waals surface area contributed by atoms with E-state index in [4.69, 9.17) is 16.7 Å². The number of hydrogen-bond donors (Lipinski definition) is 3. The van der Waals surface area contributed by atoms with Crippen LogP contribution in [0.15, 0.2) is 36.5 Å². The van der Waals surface area contributed by atoms with Crippen molar-refractivity contribution >= 4 is 50.1 Å². The number of rotatable bonds is 5. The number of carbonyl (C=O) groups excluding carboxylic acids is 1. The number of para-hydroxylation sites is 1. The number of aliphatic hydroxyl groups is 2. The van der Waals surface area contributed by atoms with Gasteiger partial charge in [0.15, 0.2) is 5.13 Å². The molecule has 3 aromatic rings.